The lowest BCUT2D eigenvalue weighted by molar-refractivity contribution is -0.115. The van der Waals surface area contributed by atoms with Crippen LogP contribution in [0.15, 0.2) is 53.6 Å². The number of carbonyl (C=O) groups excluding carboxylic acids is 1. The highest BCUT2D eigenvalue weighted by Crippen LogP contribution is 2.23. The molecule has 5 heteroatoms. The van der Waals surface area contributed by atoms with E-state index in [4.69, 9.17) is 11.6 Å². The van der Waals surface area contributed by atoms with Crippen molar-refractivity contribution in [3.8, 4) is 0 Å². The van der Waals surface area contributed by atoms with E-state index in [1.807, 2.05) is 37.3 Å². The highest BCUT2D eigenvalue weighted by molar-refractivity contribution is 8.00. The average Bonchev–Trinajstić information content (AvgIpc) is 2.42. The highest BCUT2D eigenvalue weighted by Gasteiger charge is 2.14. The standard InChI is InChI=1S/C14H13ClN2OS/c1-10(19-12-5-3-2-4-6-12)14(18)17-13-8-7-11(15)9-16-13/h2-10H,1H3,(H,16,17,18)/t10-/m0/s1. The summed E-state index contributed by atoms with van der Waals surface area (Å²) < 4.78 is 0. The number of hydrogen-bond donors (Lipinski definition) is 1. The topological polar surface area (TPSA) is 42.0 Å². The van der Waals surface area contributed by atoms with E-state index in [1.54, 1.807) is 12.1 Å². The van der Waals surface area contributed by atoms with E-state index in [-0.39, 0.29) is 11.2 Å². The van der Waals surface area contributed by atoms with Crippen molar-refractivity contribution in [1.82, 2.24) is 4.98 Å². The maximum Gasteiger partial charge on any atom is 0.238 e. The van der Waals surface area contributed by atoms with Crippen LogP contribution in [0.1, 0.15) is 6.92 Å². The summed E-state index contributed by atoms with van der Waals surface area (Å²) >= 11 is 7.25. The van der Waals surface area contributed by atoms with Crippen LogP contribution in [-0.2, 0) is 4.79 Å². The Morgan fingerprint density at radius 3 is 2.63 bits per heavy atom. The van der Waals surface area contributed by atoms with E-state index in [9.17, 15) is 4.79 Å². The first-order chi connectivity index (χ1) is 9.15. The summed E-state index contributed by atoms with van der Waals surface area (Å²) in [6.45, 7) is 1.86. The molecular formula is C14H13ClN2OS. The first-order valence-corrected chi connectivity index (χ1v) is 7.05. The molecule has 1 heterocycles. The van der Waals surface area contributed by atoms with Gasteiger partial charge in [-0.25, -0.2) is 4.98 Å². The Balaban J connectivity index is 1.94. The van der Waals surface area contributed by atoms with Crippen LogP contribution in [0.5, 0.6) is 0 Å². The largest absolute Gasteiger partial charge is 0.310 e. The number of thioether (sulfide) groups is 1. The molecule has 2 aromatic rings. The zero-order valence-corrected chi connectivity index (χ0v) is 11.9. The van der Waals surface area contributed by atoms with Crippen molar-refractivity contribution >= 4 is 35.1 Å². The summed E-state index contributed by atoms with van der Waals surface area (Å²) in [5, 5.41) is 3.11. The smallest absolute Gasteiger partial charge is 0.238 e. The van der Waals surface area contributed by atoms with Gasteiger partial charge in [0.2, 0.25) is 5.91 Å². The number of aromatic nitrogens is 1. The van der Waals surface area contributed by atoms with Gasteiger partial charge in [-0.15, -0.1) is 11.8 Å². The zero-order valence-electron chi connectivity index (χ0n) is 10.3. The molecule has 1 aromatic heterocycles. The molecule has 0 bridgehead atoms. The fraction of sp³-hybridized carbons (Fsp3) is 0.143. The van der Waals surface area contributed by atoms with E-state index in [1.165, 1.54) is 18.0 Å². The number of amides is 1. The summed E-state index contributed by atoms with van der Waals surface area (Å²) in [7, 11) is 0. The normalized spacial score (nSPS) is 11.9. The number of pyridine rings is 1. The monoisotopic (exact) mass is 292 g/mol. The molecule has 0 unspecified atom stereocenters. The van der Waals surface area contributed by atoms with Gasteiger partial charge < -0.3 is 5.32 Å². The van der Waals surface area contributed by atoms with Gasteiger partial charge in [-0.3, -0.25) is 4.79 Å². The van der Waals surface area contributed by atoms with Crippen LogP contribution in [0.2, 0.25) is 5.02 Å². The molecule has 1 N–H and O–H groups in total. The maximum absolute atomic E-state index is 12.0. The second kappa shape index (κ2) is 6.59. The molecule has 0 radical (unpaired) electrons. The number of carbonyl (C=O) groups is 1. The van der Waals surface area contributed by atoms with Gasteiger partial charge in [0, 0.05) is 11.1 Å². The Morgan fingerprint density at radius 2 is 2.00 bits per heavy atom. The van der Waals surface area contributed by atoms with Gasteiger partial charge in [0.15, 0.2) is 0 Å². The average molecular weight is 293 g/mol. The Morgan fingerprint density at radius 1 is 1.26 bits per heavy atom. The molecule has 98 valence electrons. The number of rotatable bonds is 4. The second-order valence-corrected chi connectivity index (χ2v) is 5.77. The molecule has 1 atom stereocenters. The zero-order chi connectivity index (χ0) is 13.7. The summed E-state index contributed by atoms with van der Waals surface area (Å²) in [5.74, 6) is 0.429. The Labute approximate surface area is 121 Å². The van der Waals surface area contributed by atoms with Gasteiger partial charge in [0.1, 0.15) is 5.82 Å². The van der Waals surface area contributed by atoms with Gasteiger partial charge in [0.05, 0.1) is 10.3 Å². The van der Waals surface area contributed by atoms with Crippen LogP contribution < -0.4 is 5.32 Å². The summed E-state index contributed by atoms with van der Waals surface area (Å²) in [6, 6.07) is 13.2. The predicted molar refractivity (Wildman–Crippen MR) is 79.6 cm³/mol. The van der Waals surface area contributed by atoms with Crippen molar-refractivity contribution in [2.75, 3.05) is 5.32 Å². The van der Waals surface area contributed by atoms with Crippen molar-refractivity contribution in [1.29, 1.82) is 0 Å². The van der Waals surface area contributed by atoms with E-state index < -0.39 is 0 Å². The Hall–Kier alpha value is -1.52. The quantitative estimate of drug-likeness (QED) is 0.870. The SMILES string of the molecule is C[C@H](Sc1ccccc1)C(=O)Nc1ccc(Cl)cn1. The molecule has 0 aliphatic carbocycles. The van der Waals surface area contributed by atoms with Crippen molar-refractivity contribution in [3.05, 3.63) is 53.7 Å². The number of benzene rings is 1. The lowest BCUT2D eigenvalue weighted by Crippen LogP contribution is -2.22. The maximum atomic E-state index is 12.0. The fourth-order valence-corrected chi connectivity index (χ4v) is 2.43. The number of nitrogens with zero attached hydrogens (tertiary/aromatic N) is 1. The molecule has 0 spiro atoms. The Kier molecular flexibility index (Phi) is 4.82. The van der Waals surface area contributed by atoms with Crippen LogP contribution >= 0.6 is 23.4 Å². The Bertz CT molecular complexity index is 545. The molecule has 0 aliphatic rings. The first kappa shape index (κ1) is 13.9. The fourth-order valence-electron chi connectivity index (χ4n) is 1.43. The van der Waals surface area contributed by atoms with E-state index in [2.05, 4.69) is 10.3 Å². The number of hydrogen-bond acceptors (Lipinski definition) is 3. The minimum atomic E-state index is -0.195. The lowest BCUT2D eigenvalue weighted by atomic mass is 10.4. The minimum Gasteiger partial charge on any atom is -0.310 e. The van der Waals surface area contributed by atoms with Crippen LogP contribution in [0.4, 0.5) is 5.82 Å². The van der Waals surface area contributed by atoms with Crippen molar-refractivity contribution in [3.63, 3.8) is 0 Å². The molecule has 2 rings (SSSR count). The van der Waals surface area contributed by atoms with Crippen molar-refractivity contribution in [2.45, 2.75) is 17.1 Å². The van der Waals surface area contributed by atoms with Gasteiger partial charge in [-0.2, -0.15) is 0 Å². The van der Waals surface area contributed by atoms with Crippen molar-refractivity contribution in [2.24, 2.45) is 0 Å². The van der Waals surface area contributed by atoms with E-state index >= 15 is 0 Å². The molecule has 0 fully saturated rings. The minimum absolute atomic E-state index is 0.0799. The second-order valence-electron chi connectivity index (χ2n) is 3.92. The first-order valence-electron chi connectivity index (χ1n) is 5.79. The van der Waals surface area contributed by atoms with Crippen LogP contribution in [0, 0.1) is 0 Å². The molecule has 1 amide bonds. The molecule has 0 saturated heterocycles. The van der Waals surface area contributed by atoms with Gasteiger partial charge >= 0.3 is 0 Å². The molecule has 0 aliphatic heterocycles. The van der Waals surface area contributed by atoms with Crippen LogP contribution in [0.25, 0.3) is 0 Å². The summed E-state index contributed by atoms with van der Waals surface area (Å²) in [6.07, 6.45) is 1.51. The third-order valence-corrected chi connectivity index (χ3v) is 3.74. The number of nitrogens with one attached hydrogen (secondary N) is 1. The lowest BCUT2D eigenvalue weighted by Gasteiger charge is -2.11. The molecular weight excluding hydrogens is 280 g/mol. The van der Waals surface area contributed by atoms with Crippen LogP contribution in [0.3, 0.4) is 0 Å². The summed E-state index contributed by atoms with van der Waals surface area (Å²) in [4.78, 5) is 17.1. The predicted octanol–water partition coefficient (Wildman–Crippen LogP) is 3.85. The van der Waals surface area contributed by atoms with Crippen molar-refractivity contribution < 1.29 is 4.79 Å². The molecule has 19 heavy (non-hydrogen) atoms. The van der Waals surface area contributed by atoms with Crippen LogP contribution in [-0.4, -0.2) is 16.1 Å². The van der Waals surface area contributed by atoms with Gasteiger partial charge in [-0.05, 0) is 31.2 Å². The molecule has 0 saturated carbocycles. The third-order valence-electron chi connectivity index (χ3n) is 2.40. The van der Waals surface area contributed by atoms with E-state index in [0.717, 1.165) is 4.90 Å². The number of halogens is 1. The van der Waals surface area contributed by atoms with Gasteiger partial charge in [-0.1, -0.05) is 29.8 Å². The van der Waals surface area contributed by atoms with Gasteiger partial charge in [0.25, 0.3) is 0 Å². The number of anilines is 1. The summed E-state index contributed by atoms with van der Waals surface area (Å²) in [5.41, 5.74) is 0. The van der Waals surface area contributed by atoms with E-state index in [0.29, 0.717) is 10.8 Å². The highest BCUT2D eigenvalue weighted by atomic mass is 35.5. The third kappa shape index (κ3) is 4.26. The molecule has 3 nitrogen and oxygen atoms in total. The molecule has 1 aromatic carbocycles.